The number of ketones is 1. The molecule has 3 unspecified atom stereocenters. The Labute approximate surface area is 183 Å². The first-order valence-corrected chi connectivity index (χ1v) is 13.1. The van der Waals surface area contributed by atoms with Crippen LogP contribution in [0.5, 0.6) is 11.5 Å². The van der Waals surface area contributed by atoms with Crippen molar-refractivity contribution in [1.82, 2.24) is 0 Å². The summed E-state index contributed by atoms with van der Waals surface area (Å²) < 4.78 is -0.0650. The summed E-state index contributed by atoms with van der Waals surface area (Å²) >= 11 is 3.91. The average Bonchev–Trinajstić information content (AvgIpc) is 3.14. The van der Waals surface area contributed by atoms with E-state index in [4.69, 9.17) is 0 Å². The quantitative estimate of drug-likeness (QED) is 0.485. The van der Waals surface area contributed by atoms with Gasteiger partial charge in [-0.3, -0.25) is 4.79 Å². The van der Waals surface area contributed by atoms with Crippen molar-refractivity contribution in [3.63, 3.8) is 0 Å². The van der Waals surface area contributed by atoms with Crippen molar-refractivity contribution in [2.75, 3.05) is 11.5 Å². The van der Waals surface area contributed by atoms with E-state index in [9.17, 15) is 15.0 Å². The summed E-state index contributed by atoms with van der Waals surface area (Å²) in [5.74, 6) is 3.31. The number of fused-ring (bicyclic) bond motifs is 2. The molecule has 1 aliphatic heterocycles. The lowest BCUT2D eigenvalue weighted by atomic mass is 9.44. The average molecular weight is 435 g/mol. The van der Waals surface area contributed by atoms with Crippen molar-refractivity contribution in [3.05, 3.63) is 23.3 Å². The van der Waals surface area contributed by atoms with Crippen LogP contribution in [0, 0.1) is 17.3 Å². The molecule has 5 rings (SSSR count). The van der Waals surface area contributed by atoms with Crippen LogP contribution in [0.1, 0.15) is 82.8 Å². The molecule has 4 aliphatic rings. The molecule has 5 heteroatoms. The Morgan fingerprint density at radius 2 is 1.72 bits per heavy atom. The molecule has 1 saturated heterocycles. The van der Waals surface area contributed by atoms with E-state index in [1.807, 2.05) is 35.7 Å². The largest absolute Gasteiger partial charge is 0.508 e. The Morgan fingerprint density at radius 3 is 2.28 bits per heavy atom. The fourth-order valence-corrected chi connectivity index (χ4v) is 9.22. The van der Waals surface area contributed by atoms with Crippen LogP contribution in [0.4, 0.5) is 0 Å². The molecule has 0 amide bonds. The number of hydrogen-bond acceptors (Lipinski definition) is 5. The topological polar surface area (TPSA) is 57.5 Å². The molecule has 29 heavy (non-hydrogen) atoms. The molecule has 2 N–H and O–H groups in total. The van der Waals surface area contributed by atoms with Crippen molar-refractivity contribution >= 4 is 29.3 Å². The third kappa shape index (κ3) is 3.60. The van der Waals surface area contributed by atoms with Crippen molar-refractivity contribution in [2.24, 2.45) is 17.3 Å². The van der Waals surface area contributed by atoms with Gasteiger partial charge >= 0.3 is 0 Å². The SMILES string of the molecule is CCCCCCC1(c2cc(O)c(C3CC(=O)C4CC3C4(C)C)c(O)c2)SCCS1. The molecule has 3 saturated carbocycles. The van der Waals surface area contributed by atoms with Gasteiger partial charge in [-0.25, -0.2) is 0 Å². The van der Waals surface area contributed by atoms with Gasteiger partial charge in [-0.15, -0.1) is 23.5 Å². The Morgan fingerprint density at radius 1 is 1.07 bits per heavy atom. The molecule has 3 aliphatic carbocycles. The Balaban J connectivity index is 1.62. The van der Waals surface area contributed by atoms with Gasteiger partial charge < -0.3 is 10.2 Å². The minimum atomic E-state index is -0.0686. The van der Waals surface area contributed by atoms with Gasteiger partial charge in [0.05, 0.1) is 4.08 Å². The number of thioether (sulfide) groups is 2. The summed E-state index contributed by atoms with van der Waals surface area (Å²) in [5, 5.41) is 22.0. The van der Waals surface area contributed by atoms with Crippen molar-refractivity contribution in [1.29, 1.82) is 0 Å². The number of phenolic OH excluding ortho intramolecular Hbond substituents is 2. The minimum absolute atomic E-state index is 0.0325. The van der Waals surface area contributed by atoms with Crippen LogP contribution in [0.2, 0.25) is 0 Å². The number of benzene rings is 1. The number of rotatable bonds is 7. The van der Waals surface area contributed by atoms with Gasteiger partial charge in [0.1, 0.15) is 17.3 Å². The van der Waals surface area contributed by atoms with E-state index in [-0.39, 0.29) is 32.8 Å². The normalized spacial score (nSPS) is 29.6. The van der Waals surface area contributed by atoms with Crippen molar-refractivity contribution in [3.8, 4) is 11.5 Å². The molecular formula is C24H34O3S2. The fourth-order valence-electron chi connectivity index (χ4n) is 5.91. The van der Waals surface area contributed by atoms with Gasteiger partial charge in [-0.05, 0) is 41.9 Å². The van der Waals surface area contributed by atoms with Gasteiger partial charge in [0, 0.05) is 35.3 Å². The third-order valence-electron chi connectivity index (χ3n) is 7.70. The van der Waals surface area contributed by atoms with Crippen LogP contribution in [-0.4, -0.2) is 27.5 Å². The highest BCUT2D eigenvalue weighted by Crippen LogP contribution is 2.65. The second-order valence-electron chi connectivity index (χ2n) is 9.68. The lowest BCUT2D eigenvalue weighted by Gasteiger charge is -2.59. The molecule has 0 aromatic heterocycles. The predicted molar refractivity (Wildman–Crippen MR) is 123 cm³/mol. The molecule has 3 atom stereocenters. The van der Waals surface area contributed by atoms with Crippen molar-refractivity contribution in [2.45, 2.75) is 75.7 Å². The number of phenols is 2. The van der Waals surface area contributed by atoms with Gasteiger partial charge in [-0.2, -0.15) is 0 Å². The lowest BCUT2D eigenvalue weighted by Crippen LogP contribution is -2.56. The summed E-state index contributed by atoms with van der Waals surface area (Å²) in [6.45, 7) is 6.55. The first-order valence-electron chi connectivity index (χ1n) is 11.2. The van der Waals surface area contributed by atoms with Crippen LogP contribution in [0.15, 0.2) is 12.1 Å². The standard InChI is InChI=1S/C24H34O3S2/c1-4-5-6-7-8-24(28-9-10-29-24)15-11-20(26)22(21(27)12-15)16-13-19(25)18-14-17(16)23(18,2)3/h11-12,16-18,26-27H,4-10,13-14H2,1-3H3. The highest BCUT2D eigenvalue weighted by molar-refractivity contribution is 8.20. The summed E-state index contributed by atoms with van der Waals surface area (Å²) in [5.41, 5.74) is 1.61. The zero-order valence-electron chi connectivity index (χ0n) is 17.9. The van der Waals surface area contributed by atoms with Crippen LogP contribution < -0.4 is 0 Å². The zero-order valence-corrected chi connectivity index (χ0v) is 19.5. The van der Waals surface area contributed by atoms with E-state index in [2.05, 4.69) is 20.8 Å². The van der Waals surface area contributed by atoms with E-state index < -0.39 is 0 Å². The molecule has 1 aromatic carbocycles. The third-order valence-corrected chi connectivity index (χ3v) is 11.3. The van der Waals surface area contributed by atoms with Crippen LogP contribution >= 0.6 is 23.5 Å². The monoisotopic (exact) mass is 434 g/mol. The Hall–Kier alpha value is -0.810. The first-order chi connectivity index (χ1) is 13.8. The van der Waals surface area contributed by atoms with Crippen molar-refractivity contribution < 1.29 is 15.0 Å². The molecular weight excluding hydrogens is 400 g/mol. The highest BCUT2D eigenvalue weighted by atomic mass is 32.2. The second kappa shape index (κ2) is 8.03. The molecule has 4 fully saturated rings. The van der Waals surface area contributed by atoms with E-state index in [1.165, 1.54) is 25.7 Å². The minimum Gasteiger partial charge on any atom is -0.508 e. The van der Waals surface area contributed by atoms with E-state index in [0.29, 0.717) is 23.7 Å². The lowest BCUT2D eigenvalue weighted by molar-refractivity contribution is -0.151. The van der Waals surface area contributed by atoms with Gasteiger partial charge in [0.25, 0.3) is 0 Å². The summed E-state index contributed by atoms with van der Waals surface area (Å²) in [6.07, 6.45) is 7.30. The number of carbonyl (C=O) groups excluding carboxylic acids is 1. The van der Waals surface area contributed by atoms with Crippen LogP contribution in [0.25, 0.3) is 0 Å². The van der Waals surface area contributed by atoms with E-state index >= 15 is 0 Å². The molecule has 160 valence electrons. The van der Waals surface area contributed by atoms with E-state index in [1.54, 1.807) is 0 Å². The smallest absolute Gasteiger partial charge is 0.137 e. The maximum absolute atomic E-state index is 12.6. The number of carbonyl (C=O) groups is 1. The maximum atomic E-state index is 12.6. The Kier molecular flexibility index (Phi) is 5.93. The first kappa shape index (κ1) is 21.4. The van der Waals surface area contributed by atoms with E-state index in [0.717, 1.165) is 29.9 Å². The number of hydrogen-bond donors (Lipinski definition) is 2. The molecule has 1 aromatic rings. The molecule has 2 bridgehead atoms. The summed E-state index contributed by atoms with van der Waals surface area (Å²) in [7, 11) is 0. The van der Waals surface area contributed by atoms with Gasteiger partial charge in [-0.1, -0.05) is 46.5 Å². The summed E-state index contributed by atoms with van der Waals surface area (Å²) in [6, 6.07) is 3.78. The highest BCUT2D eigenvalue weighted by Gasteiger charge is 2.59. The fraction of sp³-hybridized carbons (Fsp3) is 0.708. The zero-order chi connectivity index (χ0) is 20.8. The van der Waals surface area contributed by atoms with Crippen LogP contribution in [-0.2, 0) is 8.87 Å². The molecule has 0 radical (unpaired) electrons. The Bertz CT molecular complexity index is 759. The maximum Gasteiger partial charge on any atom is 0.137 e. The number of aromatic hydroxyl groups is 2. The molecule has 1 heterocycles. The van der Waals surface area contributed by atoms with Crippen LogP contribution in [0.3, 0.4) is 0 Å². The number of unbranched alkanes of at least 4 members (excludes halogenated alkanes) is 3. The predicted octanol–water partition coefficient (Wildman–Crippen LogP) is 6.42. The molecule has 0 spiro atoms. The van der Waals surface area contributed by atoms with Gasteiger partial charge in [0.15, 0.2) is 0 Å². The summed E-state index contributed by atoms with van der Waals surface area (Å²) in [4.78, 5) is 12.6. The molecule has 3 nitrogen and oxygen atoms in total. The second-order valence-corrected chi connectivity index (χ2v) is 12.7. The number of Topliss-reactive ketones (excluding diaryl/α,β-unsaturated/α-hetero) is 1. The van der Waals surface area contributed by atoms with Gasteiger partial charge in [0.2, 0.25) is 0 Å².